The van der Waals surface area contributed by atoms with Gasteiger partial charge in [0, 0.05) is 0 Å². The molecule has 78 valence electrons. The van der Waals surface area contributed by atoms with Crippen molar-refractivity contribution < 1.29 is 4.39 Å². The van der Waals surface area contributed by atoms with Gasteiger partial charge in [-0.2, -0.15) is 5.26 Å². The van der Waals surface area contributed by atoms with Crippen molar-refractivity contribution >= 4 is 0 Å². The van der Waals surface area contributed by atoms with Crippen LogP contribution in [0.2, 0.25) is 0 Å². The third-order valence-electron chi connectivity index (χ3n) is 2.37. The second-order valence-electron chi connectivity index (χ2n) is 3.55. The van der Waals surface area contributed by atoms with Gasteiger partial charge in [0.2, 0.25) is 0 Å². The van der Waals surface area contributed by atoms with Crippen molar-refractivity contribution in [3.63, 3.8) is 0 Å². The van der Waals surface area contributed by atoms with E-state index in [1.54, 1.807) is 6.07 Å². The third-order valence-corrected chi connectivity index (χ3v) is 2.37. The Kier molecular flexibility index (Phi) is 2.98. The third kappa shape index (κ3) is 2.26. The molecular weight excluding hydrogens is 201 g/mol. The van der Waals surface area contributed by atoms with Crippen LogP contribution in [-0.2, 0) is 6.42 Å². The monoisotopic (exact) mass is 211 g/mol. The van der Waals surface area contributed by atoms with Gasteiger partial charge in [0.25, 0.3) is 0 Å². The lowest BCUT2D eigenvalue weighted by atomic mass is 10.0. The van der Waals surface area contributed by atoms with Crippen LogP contribution in [0, 0.1) is 17.1 Å². The van der Waals surface area contributed by atoms with Crippen LogP contribution < -0.4 is 0 Å². The Balaban J connectivity index is 2.41. The molecule has 0 bridgehead atoms. The van der Waals surface area contributed by atoms with Crippen molar-refractivity contribution in [1.82, 2.24) is 0 Å². The van der Waals surface area contributed by atoms with Gasteiger partial charge in [-0.25, -0.2) is 4.39 Å². The Hall–Kier alpha value is -2.14. The van der Waals surface area contributed by atoms with Crippen molar-refractivity contribution in [3.05, 3.63) is 59.9 Å². The molecule has 2 heteroatoms. The minimum Gasteiger partial charge on any atom is -0.207 e. The van der Waals surface area contributed by atoms with Crippen LogP contribution >= 0.6 is 0 Å². The first-order valence-corrected chi connectivity index (χ1v) is 5.01. The fourth-order valence-electron chi connectivity index (χ4n) is 1.62. The average molecular weight is 211 g/mol. The van der Waals surface area contributed by atoms with Crippen LogP contribution in [0.15, 0.2) is 48.5 Å². The largest absolute Gasteiger partial charge is 0.207 e. The molecule has 0 fully saturated rings. The highest BCUT2D eigenvalue weighted by Gasteiger charge is 2.00. The van der Waals surface area contributed by atoms with E-state index >= 15 is 0 Å². The Morgan fingerprint density at radius 3 is 2.38 bits per heavy atom. The van der Waals surface area contributed by atoms with Crippen LogP contribution in [0.3, 0.4) is 0 Å². The summed E-state index contributed by atoms with van der Waals surface area (Å²) >= 11 is 0. The molecule has 0 aliphatic carbocycles. The van der Waals surface area contributed by atoms with Crippen molar-refractivity contribution in [2.45, 2.75) is 6.42 Å². The highest BCUT2D eigenvalue weighted by Crippen LogP contribution is 2.21. The molecular formula is C14H10FN. The number of hydrogen-bond acceptors (Lipinski definition) is 1. The molecule has 0 radical (unpaired) electrons. The lowest BCUT2D eigenvalue weighted by Gasteiger charge is -2.03. The molecule has 0 amide bonds. The summed E-state index contributed by atoms with van der Waals surface area (Å²) in [5.74, 6) is -0.247. The predicted octanol–water partition coefficient (Wildman–Crippen LogP) is 3.56. The first kappa shape index (κ1) is 10.4. The minimum atomic E-state index is -0.247. The zero-order valence-electron chi connectivity index (χ0n) is 8.65. The minimum absolute atomic E-state index is 0.247. The first-order valence-electron chi connectivity index (χ1n) is 5.01. The summed E-state index contributed by atoms with van der Waals surface area (Å²) in [6.45, 7) is 0. The Morgan fingerprint density at radius 1 is 1.00 bits per heavy atom. The molecule has 0 heterocycles. The van der Waals surface area contributed by atoms with Gasteiger partial charge < -0.3 is 0 Å². The van der Waals surface area contributed by atoms with Gasteiger partial charge in [-0.1, -0.05) is 36.4 Å². The SMILES string of the molecule is N#CCc1cccc(-c2cccc(F)c2)c1. The zero-order valence-corrected chi connectivity index (χ0v) is 8.65. The van der Waals surface area contributed by atoms with Crippen LogP contribution in [0.5, 0.6) is 0 Å². The molecule has 0 atom stereocenters. The summed E-state index contributed by atoms with van der Waals surface area (Å²) < 4.78 is 13.0. The maximum Gasteiger partial charge on any atom is 0.123 e. The molecule has 0 aromatic heterocycles. The van der Waals surface area contributed by atoms with Crippen LogP contribution in [0.4, 0.5) is 4.39 Å². The average Bonchev–Trinajstić information content (AvgIpc) is 2.30. The van der Waals surface area contributed by atoms with Crippen molar-refractivity contribution in [1.29, 1.82) is 5.26 Å². The lowest BCUT2D eigenvalue weighted by molar-refractivity contribution is 0.628. The van der Waals surface area contributed by atoms with E-state index in [4.69, 9.17) is 5.26 Å². The number of benzene rings is 2. The molecule has 0 spiro atoms. The van der Waals surface area contributed by atoms with Crippen LogP contribution in [0.25, 0.3) is 11.1 Å². The summed E-state index contributed by atoms with van der Waals surface area (Å²) in [5, 5.41) is 8.62. The van der Waals surface area contributed by atoms with E-state index in [9.17, 15) is 4.39 Å². The molecule has 0 aliphatic rings. The smallest absolute Gasteiger partial charge is 0.123 e. The predicted molar refractivity (Wildman–Crippen MR) is 61.2 cm³/mol. The number of rotatable bonds is 2. The van der Waals surface area contributed by atoms with E-state index < -0.39 is 0 Å². The Bertz CT molecular complexity index is 540. The second-order valence-corrected chi connectivity index (χ2v) is 3.55. The summed E-state index contributed by atoms with van der Waals surface area (Å²) in [6, 6.07) is 16.2. The molecule has 0 saturated heterocycles. The highest BCUT2D eigenvalue weighted by atomic mass is 19.1. The molecule has 0 aliphatic heterocycles. The molecule has 2 aromatic rings. The van der Waals surface area contributed by atoms with Gasteiger partial charge in [0.05, 0.1) is 12.5 Å². The van der Waals surface area contributed by atoms with Crippen molar-refractivity contribution in [2.75, 3.05) is 0 Å². The maximum atomic E-state index is 13.0. The van der Waals surface area contributed by atoms with Gasteiger partial charge in [-0.3, -0.25) is 0 Å². The van der Waals surface area contributed by atoms with Gasteiger partial charge in [0.15, 0.2) is 0 Å². The number of hydrogen-bond donors (Lipinski definition) is 0. The van der Waals surface area contributed by atoms with Gasteiger partial charge in [0.1, 0.15) is 5.82 Å². The summed E-state index contributed by atoms with van der Waals surface area (Å²) in [5.41, 5.74) is 2.72. The van der Waals surface area contributed by atoms with E-state index in [0.29, 0.717) is 6.42 Å². The Morgan fingerprint density at radius 2 is 1.69 bits per heavy atom. The normalized spacial score (nSPS) is 9.75. The number of nitrogens with zero attached hydrogens (tertiary/aromatic N) is 1. The summed E-state index contributed by atoms with van der Waals surface area (Å²) in [6.07, 6.45) is 0.378. The van der Waals surface area contributed by atoms with Gasteiger partial charge in [-0.15, -0.1) is 0 Å². The highest BCUT2D eigenvalue weighted by molar-refractivity contribution is 5.64. The molecule has 2 aromatic carbocycles. The van der Waals surface area contributed by atoms with E-state index in [-0.39, 0.29) is 5.82 Å². The molecule has 1 nitrogen and oxygen atoms in total. The number of nitriles is 1. The second kappa shape index (κ2) is 4.59. The van der Waals surface area contributed by atoms with E-state index in [0.717, 1.165) is 16.7 Å². The maximum absolute atomic E-state index is 13.0. The number of halogens is 1. The van der Waals surface area contributed by atoms with Gasteiger partial charge in [-0.05, 0) is 28.8 Å². The van der Waals surface area contributed by atoms with Crippen molar-refractivity contribution in [2.24, 2.45) is 0 Å². The lowest BCUT2D eigenvalue weighted by Crippen LogP contribution is -1.84. The van der Waals surface area contributed by atoms with Gasteiger partial charge >= 0.3 is 0 Å². The van der Waals surface area contributed by atoms with Crippen molar-refractivity contribution in [3.8, 4) is 17.2 Å². The van der Waals surface area contributed by atoms with Crippen LogP contribution in [0.1, 0.15) is 5.56 Å². The van der Waals surface area contributed by atoms with E-state index in [1.807, 2.05) is 30.3 Å². The molecule has 0 unspecified atom stereocenters. The topological polar surface area (TPSA) is 23.8 Å². The molecule has 16 heavy (non-hydrogen) atoms. The summed E-state index contributed by atoms with van der Waals surface area (Å²) in [4.78, 5) is 0. The quantitative estimate of drug-likeness (QED) is 0.745. The Labute approximate surface area is 93.8 Å². The van der Waals surface area contributed by atoms with Crippen LogP contribution in [-0.4, -0.2) is 0 Å². The molecule has 0 N–H and O–H groups in total. The summed E-state index contributed by atoms with van der Waals surface area (Å²) in [7, 11) is 0. The first-order chi connectivity index (χ1) is 7.79. The standard InChI is InChI=1S/C14H10FN/c15-14-6-2-5-13(10-14)12-4-1-3-11(9-12)7-8-16/h1-6,9-10H,7H2. The fourth-order valence-corrected chi connectivity index (χ4v) is 1.62. The zero-order chi connectivity index (χ0) is 11.4. The fraction of sp³-hybridized carbons (Fsp3) is 0.0714. The van der Waals surface area contributed by atoms with E-state index in [2.05, 4.69) is 6.07 Å². The van der Waals surface area contributed by atoms with E-state index in [1.165, 1.54) is 12.1 Å². The molecule has 0 saturated carbocycles. The molecule has 2 rings (SSSR count).